The predicted octanol–water partition coefficient (Wildman–Crippen LogP) is 7.02. The third-order valence-electron chi connectivity index (χ3n) is 8.57. The molecular weight excluding hydrogens is 707 g/mol. The molecule has 0 saturated carbocycles. The van der Waals surface area contributed by atoms with Crippen LogP contribution in [0.25, 0.3) is 6.08 Å². The summed E-state index contributed by atoms with van der Waals surface area (Å²) >= 11 is 1.27. The summed E-state index contributed by atoms with van der Waals surface area (Å²) in [5.41, 5.74) is 2.49. The van der Waals surface area contributed by atoms with Crippen molar-refractivity contribution < 1.29 is 38.2 Å². The number of thioether (sulfide) groups is 1. The van der Waals surface area contributed by atoms with Crippen LogP contribution in [0.1, 0.15) is 54.7 Å². The van der Waals surface area contributed by atoms with E-state index in [-0.39, 0.29) is 40.0 Å². The second-order valence-electron chi connectivity index (χ2n) is 12.0. The summed E-state index contributed by atoms with van der Waals surface area (Å²) in [6.45, 7) is 1.72. The summed E-state index contributed by atoms with van der Waals surface area (Å²) in [4.78, 5) is 67.5. The Kier molecular flexibility index (Phi) is 11.2. The van der Waals surface area contributed by atoms with Gasteiger partial charge in [0.15, 0.2) is 23.1 Å². The van der Waals surface area contributed by atoms with Crippen LogP contribution in [-0.4, -0.2) is 55.9 Å². The van der Waals surface area contributed by atoms with E-state index in [0.717, 1.165) is 4.90 Å². The topological polar surface area (TPSA) is 149 Å². The van der Waals surface area contributed by atoms with Crippen molar-refractivity contribution in [3.8, 4) is 17.2 Å². The van der Waals surface area contributed by atoms with Gasteiger partial charge in [-0.15, -0.1) is 11.8 Å². The predicted molar refractivity (Wildman–Crippen MR) is 207 cm³/mol. The van der Waals surface area contributed by atoms with Gasteiger partial charge in [-0.2, -0.15) is 0 Å². The molecule has 0 aliphatic heterocycles. The highest BCUT2D eigenvalue weighted by Crippen LogP contribution is 2.36. The molecule has 1 atom stereocenters. The van der Waals surface area contributed by atoms with Crippen LogP contribution in [0.2, 0.25) is 0 Å². The summed E-state index contributed by atoms with van der Waals surface area (Å²) in [5, 5.41) is 7.77. The normalized spacial score (nSPS) is 12.5. The summed E-state index contributed by atoms with van der Waals surface area (Å²) in [5.74, 6) is -0.858. The summed E-state index contributed by atoms with van der Waals surface area (Å²) < 4.78 is 16.3. The van der Waals surface area contributed by atoms with E-state index in [1.54, 1.807) is 116 Å². The van der Waals surface area contributed by atoms with Crippen molar-refractivity contribution in [1.82, 2.24) is 5.32 Å². The number of nitrogens with one attached hydrogen (secondary N) is 3. The molecule has 1 unspecified atom stereocenters. The minimum absolute atomic E-state index is 0.0649. The lowest BCUT2D eigenvalue weighted by molar-refractivity contribution is -0.115. The minimum atomic E-state index is -0.605. The second-order valence-corrected chi connectivity index (χ2v) is 13.4. The van der Waals surface area contributed by atoms with Gasteiger partial charge in [0.1, 0.15) is 11.4 Å². The second kappa shape index (κ2) is 16.3. The number of carbonyl (C=O) groups excluding carboxylic acids is 5. The third-order valence-corrected chi connectivity index (χ3v) is 9.68. The van der Waals surface area contributed by atoms with E-state index in [9.17, 15) is 24.0 Å². The Labute approximate surface area is 315 Å². The molecule has 0 fully saturated rings. The first-order chi connectivity index (χ1) is 26.1. The van der Waals surface area contributed by atoms with Crippen LogP contribution in [0.15, 0.2) is 120 Å². The molecule has 0 aromatic heterocycles. The molecule has 6 rings (SSSR count). The van der Waals surface area contributed by atoms with E-state index in [0.29, 0.717) is 45.2 Å². The number of methoxy groups -OCH3 is 3. The number of ether oxygens (including phenoxy) is 3. The Morgan fingerprint density at radius 2 is 1.28 bits per heavy atom. The van der Waals surface area contributed by atoms with E-state index < -0.39 is 17.1 Å². The quantitative estimate of drug-likeness (QED) is 0.0889. The number of hydrogen-bond acceptors (Lipinski definition) is 9. The van der Waals surface area contributed by atoms with Crippen LogP contribution in [0.3, 0.4) is 0 Å². The van der Waals surface area contributed by atoms with Gasteiger partial charge in [0.2, 0.25) is 5.91 Å². The van der Waals surface area contributed by atoms with Gasteiger partial charge in [0.05, 0.1) is 37.8 Å². The van der Waals surface area contributed by atoms with Gasteiger partial charge >= 0.3 is 0 Å². The Morgan fingerprint density at radius 1 is 0.667 bits per heavy atom. The van der Waals surface area contributed by atoms with E-state index >= 15 is 0 Å². The van der Waals surface area contributed by atoms with Crippen LogP contribution in [0.4, 0.5) is 11.4 Å². The van der Waals surface area contributed by atoms with Crippen molar-refractivity contribution in [1.29, 1.82) is 0 Å². The van der Waals surface area contributed by atoms with Gasteiger partial charge in [-0.1, -0.05) is 54.6 Å². The lowest BCUT2D eigenvalue weighted by Gasteiger charge is -2.21. The average Bonchev–Trinajstić information content (AvgIpc) is 3.20. The highest BCUT2D eigenvalue weighted by Gasteiger charge is 2.32. The van der Waals surface area contributed by atoms with Crippen LogP contribution < -0.4 is 30.2 Å². The zero-order chi connectivity index (χ0) is 38.4. The summed E-state index contributed by atoms with van der Waals surface area (Å²) in [7, 11) is 4.45. The van der Waals surface area contributed by atoms with E-state index in [1.165, 1.54) is 39.2 Å². The third kappa shape index (κ3) is 7.88. The number of ketones is 2. The zero-order valence-corrected chi connectivity index (χ0v) is 30.5. The number of amides is 3. The van der Waals surface area contributed by atoms with Crippen molar-refractivity contribution in [2.75, 3.05) is 32.0 Å². The summed E-state index contributed by atoms with van der Waals surface area (Å²) in [6.07, 6.45) is 1.48. The average molecular weight is 742 g/mol. The molecule has 272 valence electrons. The molecule has 0 heterocycles. The van der Waals surface area contributed by atoms with Crippen LogP contribution >= 0.6 is 11.8 Å². The molecule has 0 spiro atoms. The van der Waals surface area contributed by atoms with Crippen LogP contribution in [0.5, 0.6) is 17.2 Å². The Balaban J connectivity index is 1.17. The van der Waals surface area contributed by atoms with Crippen LogP contribution in [-0.2, 0) is 9.59 Å². The molecule has 5 aromatic rings. The maximum absolute atomic E-state index is 13.7. The van der Waals surface area contributed by atoms with Crippen molar-refractivity contribution in [2.24, 2.45) is 0 Å². The molecule has 5 aromatic carbocycles. The maximum Gasteiger partial charge on any atom is 0.272 e. The fraction of sp³-hybridized carbons (Fsp3) is 0.119. The minimum Gasteiger partial charge on any atom is -0.496 e. The van der Waals surface area contributed by atoms with Crippen molar-refractivity contribution in [3.05, 3.63) is 148 Å². The van der Waals surface area contributed by atoms with Gasteiger partial charge in [-0.25, -0.2) is 0 Å². The number of benzene rings is 5. The number of fused-ring (bicyclic) bond motifs is 2. The number of carbonyl (C=O) groups is 5. The fourth-order valence-electron chi connectivity index (χ4n) is 5.82. The van der Waals surface area contributed by atoms with Gasteiger partial charge in [-0.3, -0.25) is 24.0 Å². The van der Waals surface area contributed by atoms with Crippen molar-refractivity contribution >= 4 is 58.5 Å². The van der Waals surface area contributed by atoms with Gasteiger partial charge in [0.25, 0.3) is 11.8 Å². The molecule has 11 nitrogen and oxygen atoms in total. The molecule has 3 N–H and O–H groups in total. The fourth-order valence-corrected chi connectivity index (χ4v) is 6.69. The molecule has 54 heavy (non-hydrogen) atoms. The maximum atomic E-state index is 13.7. The molecule has 1 aliphatic rings. The molecule has 1 aliphatic carbocycles. The standard InChI is InChI=1S/C42H35N3O8S/c1-24(40(48)44-32-16-10-15-31-37(32)39(47)30-14-9-8-13-29(30)38(31)46)54-28-19-17-27(18-20-28)43-42(50)33(45-41(49)25-11-6-5-7-12-25)21-26-22-35(52-3)36(53-4)23-34(26)51-2/h5-24H,1-4H3,(H,43,50)(H,44,48)(H,45,49)/b33-21-. The van der Waals surface area contributed by atoms with Gasteiger partial charge < -0.3 is 30.2 Å². The lowest BCUT2D eigenvalue weighted by atomic mass is 9.83. The molecule has 3 amide bonds. The first kappa shape index (κ1) is 37.1. The monoisotopic (exact) mass is 741 g/mol. The smallest absolute Gasteiger partial charge is 0.272 e. The number of rotatable bonds is 12. The van der Waals surface area contributed by atoms with E-state index in [1.807, 2.05) is 0 Å². The van der Waals surface area contributed by atoms with E-state index in [2.05, 4.69) is 16.0 Å². The highest BCUT2D eigenvalue weighted by atomic mass is 32.2. The van der Waals surface area contributed by atoms with Crippen molar-refractivity contribution in [2.45, 2.75) is 17.1 Å². The SMILES string of the molecule is COc1cc(OC)c(OC)cc1/C=C(\NC(=O)c1ccccc1)C(=O)Nc1ccc(SC(C)C(=O)Nc2cccc3c2C(=O)c2ccccc2C3=O)cc1. The molecule has 0 bridgehead atoms. The van der Waals surface area contributed by atoms with Crippen molar-refractivity contribution in [3.63, 3.8) is 0 Å². The first-order valence-electron chi connectivity index (χ1n) is 16.7. The Bertz CT molecular complexity index is 2310. The number of hydrogen-bond donors (Lipinski definition) is 3. The van der Waals surface area contributed by atoms with Gasteiger partial charge in [0, 0.05) is 44.5 Å². The van der Waals surface area contributed by atoms with E-state index in [4.69, 9.17) is 14.2 Å². The number of anilines is 2. The summed E-state index contributed by atoms with van der Waals surface area (Å²) in [6, 6.07) is 30.0. The van der Waals surface area contributed by atoms with Gasteiger partial charge in [-0.05, 0) is 61.5 Å². The Hall–Kier alpha value is -6.66. The van der Waals surface area contributed by atoms with Crippen LogP contribution in [0, 0.1) is 0 Å². The first-order valence-corrected chi connectivity index (χ1v) is 17.6. The zero-order valence-electron chi connectivity index (χ0n) is 29.7. The molecule has 0 radical (unpaired) electrons. The Morgan fingerprint density at radius 3 is 1.94 bits per heavy atom. The highest BCUT2D eigenvalue weighted by molar-refractivity contribution is 8.00. The molecule has 0 saturated heterocycles. The molecule has 12 heteroatoms. The lowest BCUT2D eigenvalue weighted by Crippen LogP contribution is -2.30. The molecular formula is C42H35N3O8S. The largest absolute Gasteiger partial charge is 0.496 e.